The topological polar surface area (TPSA) is 70.2 Å². The zero-order chi connectivity index (χ0) is 17.8. The molecule has 1 aromatic carbocycles. The van der Waals surface area contributed by atoms with Gasteiger partial charge < -0.3 is 19.9 Å². The number of ether oxygens (including phenoxy) is 1. The maximum Gasteiger partial charge on any atom is 0.269 e. The first-order chi connectivity index (χ1) is 12.8. The number of morpholine rings is 1. The molecule has 1 aliphatic rings. The lowest BCUT2D eigenvalue weighted by molar-refractivity contribution is 0.0949. The minimum absolute atomic E-state index is 0.139. The largest absolute Gasteiger partial charge is 0.378 e. The van der Waals surface area contributed by atoms with Crippen LogP contribution in [-0.2, 0) is 11.2 Å². The lowest BCUT2D eigenvalue weighted by Gasteiger charge is -2.27. The number of carbonyl (C=O) groups excluding carboxylic acids is 1. The van der Waals surface area contributed by atoms with E-state index >= 15 is 0 Å². The van der Waals surface area contributed by atoms with Crippen LogP contribution < -0.4 is 10.2 Å². The molecule has 1 fully saturated rings. The molecule has 4 rings (SSSR count). The molecule has 1 saturated heterocycles. The van der Waals surface area contributed by atoms with Crippen molar-refractivity contribution < 1.29 is 9.53 Å². The average molecular weight is 350 g/mol. The number of aromatic nitrogens is 2. The van der Waals surface area contributed by atoms with Crippen LogP contribution in [0.1, 0.15) is 16.1 Å². The first-order valence-corrected chi connectivity index (χ1v) is 8.94. The number of fused-ring (bicyclic) bond motifs is 1. The van der Waals surface area contributed by atoms with E-state index in [-0.39, 0.29) is 5.91 Å². The number of amides is 1. The molecule has 1 amide bonds. The van der Waals surface area contributed by atoms with Crippen LogP contribution >= 0.6 is 0 Å². The quantitative estimate of drug-likeness (QED) is 0.741. The van der Waals surface area contributed by atoms with Gasteiger partial charge in [0.2, 0.25) is 0 Å². The van der Waals surface area contributed by atoms with Crippen molar-refractivity contribution in [1.29, 1.82) is 0 Å². The van der Waals surface area contributed by atoms with Gasteiger partial charge >= 0.3 is 0 Å². The van der Waals surface area contributed by atoms with Crippen molar-refractivity contribution in [1.82, 2.24) is 15.3 Å². The van der Waals surface area contributed by atoms with Crippen LogP contribution in [0, 0.1) is 0 Å². The molecule has 0 aliphatic carbocycles. The number of H-pyrrole nitrogens is 1. The predicted molar refractivity (Wildman–Crippen MR) is 102 cm³/mol. The van der Waals surface area contributed by atoms with E-state index in [1.807, 2.05) is 30.5 Å². The lowest BCUT2D eigenvalue weighted by atomic mass is 10.1. The van der Waals surface area contributed by atoms with Crippen LogP contribution in [0.3, 0.4) is 0 Å². The van der Waals surface area contributed by atoms with Crippen LogP contribution in [0.5, 0.6) is 0 Å². The fraction of sp³-hybridized carbons (Fsp3) is 0.300. The molecular formula is C20H22N4O2. The number of aromatic amines is 1. The van der Waals surface area contributed by atoms with Gasteiger partial charge in [0.05, 0.1) is 13.2 Å². The van der Waals surface area contributed by atoms with E-state index in [2.05, 4.69) is 32.3 Å². The van der Waals surface area contributed by atoms with Crippen molar-refractivity contribution >= 4 is 22.6 Å². The molecule has 0 spiro atoms. The van der Waals surface area contributed by atoms with Crippen molar-refractivity contribution in [3.05, 3.63) is 59.9 Å². The first-order valence-electron chi connectivity index (χ1n) is 8.94. The fourth-order valence-electron chi connectivity index (χ4n) is 3.26. The summed E-state index contributed by atoms with van der Waals surface area (Å²) >= 11 is 0. The van der Waals surface area contributed by atoms with Gasteiger partial charge in [-0.25, -0.2) is 4.98 Å². The molecule has 6 nitrogen and oxygen atoms in total. The summed E-state index contributed by atoms with van der Waals surface area (Å²) in [5, 5.41) is 4.18. The molecule has 2 N–H and O–H groups in total. The second-order valence-corrected chi connectivity index (χ2v) is 6.35. The third-order valence-electron chi connectivity index (χ3n) is 4.66. The van der Waals surface area contributed by atoms with Gasteiger partial charge in [0.15, 0.2) is 0 Å². The summed E-state index contributed by atoms with van der Waals surface area (Å²) < 4.78 is 5.37. The predicted octanol–water partition coefficient (Wildman–Crippen LogP) is 2.37. The minimum Gasteiger partial charge on any atom is -0.378 e. The van der Waals surface area contributed by atoms with Crippen LogP contribution in [0.2, 0.25) is 0 Å². The van der Waals surface area contributed by atoms with E-state index < -0.39 is 0 Å². The number of nitrogens with zero attached hydrogens (tertiary/aromatic N) is 2. The minimum atomic E-state index is -0.139. The zero-order valence-corrected chi connectivity index (χ0v) is 14.6. The van der Waals surface area contributed by atoms with Crippen molar-refractivity contribution in [3.63, 3.8) is 0 Å². The van der Waals surface area contributed by atoms with Crippen molar-refractivity contribution in [2.45, 2.75) is 6.42 Å². The Hall–Kier alpha value is -2.86. The molecule has 0 bridgehead atoms. The van der Waals surface area contributed by atoms with E-state index in [4.69, 9.17) is 4.74 Å². The highest BCUT2D eigenvalue weighted by molar-refractivity contribution is 5.92. The zero-order valence-electron chi connectivity index (χ0n) is 14.6. The second-order valence-electron chi connectivity index (χ2n) is 6.35. The van der Waals surface area contributed by atoms with Crippen molar-refractivity contribution in [3.8, 4) is 0 Å². The molecule has 6 heteroatoms. The molecule has 26 heavy (non-hydrogen) atoms. The van der Waals surface area contributed by atoms with Crippen LogP contribution in [0.15, 0.2) is 48.7 Å². The molecule has 0 saturated carbocycles. The molecule has 0 radical (unpaired) electrons. The average Bonchev–Trinajstić information content (AvgIpc) is 3.12. The number of hydrogen-bond donors (Lipinski definition) is 2. The van der Waals surface area contributed by atoms with Crippen molar-refractivity contribution in [2.75, 3.05) is 37.7 Å². The van der Waals surface area contributed by atoms with Crippen LogP contribution in [0.25, 0.3) is 10.9 Å². The molecular weight excluding hydrogens is 328 g/mol. The molecule has 0 atom stereocenters. The van der Waals surface area contributed by atoms with Gasteiger partial charge in [0.25, 0.3) is 5.91 Å². The highest BCUT2D eigenvalue weighted by atomic mass is 16.5. The van der Waals surface area contributed by atoms with E-state index in [9.17, 15) is 4.79 Å². The smallest absolute Gasteiger partial charge is 0.269 e. The molecule has 2 aromatic heterocycles. The number of para-hydroxylation sites is 1. The monoisotopic (exact) mass is 350 g/mol. The highest BCUT2D eigenvalue weighted by Gasteiger charge is 2.14. The van der Waals surface area contributed by atoms with Gasteiger partial charge in [-0.2, -0.15) is 0 Å². The maximum absolute atomic E-state index is 12.4. The number of anilines is 1. The summed E-state index contributed by atoms with van der Waals surface area (Å²) in [6, 6.07) is 13.8. The summed E-state index contributed by atoms with van der Waals surface area (Å²) in [6.45, 7) is 3.58. The Morgan fingerprint density at radius 2 is 2.00 bits per heavy atom. The molecule has 134 valence electrons. The maximum atomic E-state index is 12.4. The number of nitrogens with one attached hydrogen (secondary N) is 2. The fourth-order valence-corrected chi connectivity index (χ4v) is 3.26. The van der Waals surface area contributed by atoms with Crippen LogP contribution in [-0.4, -0.2) is 48.7 Å². The van der Waals surface area contributed by atoms with E-state index in [0.717, 1.165) is 30.8 Å². The third-order valence-corrected chi connectivity index (χ3v) is 4.66. The van der Waals surface area contributed by atoms with E-state index in [1.165, 1.54) is 10.9 Å². The van der Waals surface area contributed by atoms with E-state index in [0.29, 0.717) is 25.5 Å². The second kappa shape index (κ2) is 7.58. The Labute approximate surface area is 152 Å². The summed E-state index contributed by atoms with van der Waals surface area (Å²) in [5.74, 6) is 0.692. The number of hydrogen-bond acceptors (Lipinski definition) is 4. The Bertz CT molecular complexity index is 899. The third kappa shape index (κ3) is 3.55. The van der Waals surface area contributed by atoms with Gasteiger partial charge in [-0.05, 0) is 30.2 Å². The first kappa shape index (κ1) is 16.6. The normalized spacial score (nSPS) is 14.5. The van der Waals surface area contributed by atoms with Gasteiger partial charge in [0, 0.05) is 36.7 Å². The number of carbonyl (C=O) groups is 1. The highest BCUT2D eigenvalue weighted by Crippen LogP contribution is 2.18. The number of pyridine rings is 1. The number of rotatable bonds is 5. The Morgan fingerprint density at radius 3 is 2.88 bits per heavy atom. The van der Waals surface area contributed by atoms with E-state index in [1.54, 1.807) is 6.07 Å². The van der Waals surface area contributed by atoms with Gasteiger partial charge in [-0.3, -0.25) is 4.79 Å². The summed E-state index contributed by atoms with van der Waals surface area (Å²) in [5.41, 5.74) is 2.78. The molecule has 3 heterocycles. The molecule has 3 aromatic rings. The molecule has 0 unspecified atom stereocenters. The summed E-state index contributed by atoms with van der Waals surface area (Å²) in [6.07, 6.45) is 2.78. The molecule has 1 aliphatic heterocycles. The SMILES string of the molecule is O=C(NCCc1c[nH]c2ccccc12)c1cccc(N2CCOCC2)n1. The lowest BCUT2D eigenvalue weighted by Crippen LogP contribution is -2.37. The Kier molecular flexibility index (Phi) is 4.84. The van der Waals surface area contributed by atoms with Crippen molar-refractivity contribution in [2.24, 2.45) is 0 Å². The standard InChI is InChI=1S/C20H22N4O2/c25-20(18-6-3-7-19(23-18)24-10-12-26-13-11-24)21-9-8-15-14-22-17-5-2-1-4-16(15)17/h1-7,14,22H,8-13H2,(H,21,25). The van der Waals surface area contributed by atoms with Crippen LogP contribution in [0.4, 0.5) is 5.82 Å². The van der Waals surface area contributed by atoms with Gasteiger partial charge in [-0.1, -0.05) is 24.3 Å². The van der Waals surface area contributed by atoms with Gasteiger partial charge in [-0.15, -0.1) is 0 Å². The number of benzene rings is 1. The Balaban J connectivity index is 1.37. The van der Waals surface area contributed by atoms with Gasteiger partial charge in [0.1, 0.15) is 11.5 Å². The Morgan fingerprint density at radius 1 is 1.15 bits per heavy atom. The summed E-state index contributed by atoms with van der Waals surface area (Å²) in [7, 11) is 0. The summed E-state index contributed by atoms with van der Waals surface area (Å²) in [4.78, 5) is 22.4.